The van der Waals surface area contributed by atoms with Crippen LogP contribution in [0.1, 0.15) is 268 Å². The molecule has 9 aromatic rings. The fourth-order valence-electron chi connectivity index (χ4n) is 14.2. The van der Waals surface area contributed by atoms with Gasteiger partial charge in [-0.3, -0.25) is 0 Å². The van der Waals surface area contributed by atoms with Gasteiger partial charge < -0.3 is 56.2 Å². The lowest BCUT2D eigenvalue weighted by Crippen LogP contribution is -2.44. The molecule has 0 N–H and O–H groups in total. The van der Waals surface area contributed by atoms with Gasteiger partial charge in [-0.1, -0.05) is 180 Å². The zero-order chi connectivity index (χ0) is 86.7. The number of carbonyl (C=O) groups is 6. The molecule has 19 nitrogen and oxygen atoms in total. The quantitative estimate of drug-likeness (QED) is 0.0149. The van der Waals surface area contributed by atoms with Crippen molar-refractivity contribution in [1.82, 2.24) is 0 Å². The molecule has 122 heavy (non-hydrogen) atoms. The van der Waals surface area contributed by atoms with Gasteiger partial charge in [0.25, 0.3) is 0 Å². The van der Waals surface area contributed by atoms with Gasteiger partial charge in [-0.2, -0.15) is 5.26 Å². The molecule has 648 valence electrons. The maximum atomic E-state index is 13.9. The number of fused-ring (bicyclic) bond motifs is 1. The van der Waals surface area contributed by atoms with Gasteiger partial charge >= 0.3 is 35.8 Å². The molecular formula is C101H123NO18Si2. The summed E-state index contributed by atoms with van der Waals surface area (Å²) in [4.78, 5) is 81.3. The summed E-state index contributed by atoms with van der Waals surface area (Å²) in [7, 11) is -4.09. The number of benzene rings is 9. The van der Waals surface area contributed by atoms with Crippen LogP contribution in [0.4, 0.5) is 0 Å². The second-order valence-electron chi connectivity index (χ2n) is 32.2. The van der Waals surface area contributed by atoms with Gasteiger partial charge in [-0.05, 0) is 240 Å². The molecule has 0 unspecified atom stereocenters. The van der Waals surface area contributed by atoms with Gasteiger partial charge in [0, 0.05) is 22.9 Å². The number of ether oxygens (including phenoxy) is 11. The highest BCUT2D eigenvalue weighted by molar-refractivity contribution is 6.84. The van der Waals surface area contributed by atoms with E-state index in [4.69, 9.17) is 56.2 Å². The maximum absolute atomic E-state index is 13.9. The Balaban J connectivity index is 0.700. The van der Waals surface area contributed by atoms with Crippen molar-refractivity contribution in [2.45, 2.75) is 239 Å². The minimum atomic E-state index is -2.10. The van der Waals surface area contributed by atoms with Gasteiger partial charge in [-0.25, -0.2) is 28.8 Å². The van der Waals surface area contributed by atoms with E-state index in [0.717, 1.165) is 171 Å². The van der Waals surface area contributed by atoms with Crippen molar-refractivity contribution in [3.05, 3.63) is 233 Å². The number of hydrogen-bond acceptors (Lipinski definition) is 19. The van der Waals surface area contributed by atoms with Crippen LogP contribution in [0, 0.1) is 11.3 Å². The summed E-state index contributed by atoms with van der Waals surface area (Å²) in [6, 6.07) is 54.9. The Hall–Kier alpha value is -11.1. The van der Waals surface area contributed by atoms with Gasteiger partial charge in [0.1, 0.15) is 52.1 Å². The summed E-state index contributed by atoms with van der Waals surface area (Å²) in [5, 5.41) is 11.0. The first-order chi connectivity index (χ1) is 59.2. The third-order valence-corrected chi connectivity index (χ3v) is 28.5. The van der Waals surface area contributed by atoms with E-state index in [1.165, 1.54) is 86.0 Å². The average Bonchev–Trinajstić information content (AvgIpc) is 0.774. The van der Waals surface area contributed by atoms with Crippen molar-refractivity contribution in [3.8, 4) is 69.3 Å². The summed E-state index contributed by atoms with van der Waals surface area (Å²) in [5.74, 6) is 0.0984. The number of nitrogens with zero attached hydrogens (tertiary/aromatic N) is 1. The fourth-order valence-corrected chi connectivity index (χ4v) is 23.1. The standard InChI is InChI=1S/C101H123NO18Si2/c1-9-13-17-30-64-109-83-52-40-75(41-53-83)96(103)114-86-60-48-78(49-61-86)98(105)117-92-72-88(62-50-82(92)74-102)116-97(104)76-46-58-87(59-47-76)115-101(108)81-51-63-91(112-67-33-20-16-12-4)80(71-81)37-36-70-122(7,8)120-121(5,6)69-35-27-25-23-21-22-24-26-34-68-113-94-73-93(118-99(106)77-42-54-84(55-43-77)110-65-31-18-14-10-2)89-38-28-29-39-90(89)95(94)119-100(107)79-44-56-85(57-45-79)111-66-32-19-15-11-3/h28-29,38-63,71-73H,9-27,30-37,64-70H2,1-8H3. The summed E-state index contributed by atoms with van der Waals surface area (Å²) >= 11 is 0. The highest BCUT2D eigenvalue weighted by atomic mass is 28.4. The zero-order valence-corrected chi connectivity index (χ0v) is 74.7. The van der Waals surface area contributed by atoms with Crippen LogP contribution >= 0.6 is 0 Å². The molecule has 0 saturated carbocycles. The molecule has 0 aromatic heterocycles. The number of unbranched alkanes of at least 4 members (excludes halogenated alkanes) is 20. The lowest BCUT2D eigenvalue weighted by molar-refractivity contribution is 0.0717. The van der Waals surface area contributed by atoms with E-state index in [1.807, 2.05) is 42.5 Å². The smallest absolute Gasteiger partial charge is 0.343 e. The first-order valence-electron chi connectivity index (χ1n) is 44.1. The van der Waals surface area contributed by atoms with Gasteiger partial charge in [0.05, 0.1) is 72.0 Å². The molecule has 0 spiro atoms. The molecule has 21 heteroatoms. The Labute approximate surface area is 723 Å². The Morgan fingerprint density at radius 3 is 1.07 bits per heavy atom. The Bertz CT molecular complexity index is 4810. The molecule has 0 saturated heterocycles. The maximum Gasteiger partial charge on any atom is 0.343 e. The minimum Gasteiger partial charge on any atom is -0.494 e. The van der Waals surface area contributed by atoms with E-state index in [0.29, 0.717) is 95.5 Å². The van der Waals surface area contributed by atoms with Crippen LogP contribution in [0.5, 0.6) is 63.2 Å². The minimum absolute atomic E-state index is 0.00374. The molecule has 0 fully saturated rings. The van der Waals surface area contributed by atoms with Crippen LogP contribution in [-0.4, -0.2) is 85.5 Å². The molecule has 0 amide bonds. The summed E-state index contributed by atoms with van der Waals surface area (Å²) in [6.07, 6.45) is 28.6. The molecular weight excluding hydrogens is 1570 g/mol. The average molecular weight is 1700 g/mol. The van der Waals surface area contributed by atoms with E-state index in [2.05, 4.69) is 53.9 Å². The number of rotatable bonds is 55. The molecule has 0 bridgehead atoms. The molecule has 9 aromatic carbocycles. The Kier molecular flexibility index (Phi) is 39.6. The number of hydrogen-bond donors (Lipinski definition) is 0. The highest BCUT2D eigenvalue weighted by Gasteiger charge is 2.33. The van der Waals surface area contributed by atoms with E-state index in [9.17, 15) is 34.0 Å². The molecule has 0 aliphatic rings. The normalized spacial score (nSPS) is 11.3. The third-order valence-electron chi connectivity index (χ3n) is 21.0. The van der Waals surface area contributed by atoms with Crippen molar-refractivity contribution < 1.29 is 85.0 Å². The van der Waals surface area contributed by atoms with Crippen LogP contribution < -0.4 is 52.1 Å². The molecule has 9 rings (SSSR count). The van der Waals surface area contributed by atoms with E-state index >= 15 is 0 Å². The Morgan fingerprint density at radius 1 is 0.287 bits per heavy atom. The van der Waals surface area contributed by atoms with Gasteiger partial charge in [0.2, 0.25) is 0 Å². The largest absolute Gasteiger partial charge is 0.494 e. The summed E-state index contributed by atoms with van der Waals surface area (Å²) in [5.41, 5.74) is 2.60. The van der Waals surface area contributed by atoms with Crippen molar-refractivity contribution >= 4 is 63.2 Å². The van der Waals surface area contributed by atoms with Crippen LogP contribution in [0.3, 0.4) is 0 Å². The predicted octanol–water partition coefficient (Wildman–Crippen LogP) is 25.8. The van der Waals surface area contributed by atoms with E-state index in [-0.39, 0.29) is 51.2 Å². The second kappa shape index (κ2) is 51.0. The lowest BCUT2D eigenvalue weighted by atomic mass is 10.1. The molecule has 0 aliphatic carbocycles. The SMILES string of the molecule is CCCCCCOc1ccc(C(=O)Oc2ccc(C(=O)Oc3cc(OC(=O)c4ccc(OC(=O)c5ccc(OCCCCCC)c(CCC[Si](C)(C)O[Si](C)(C)CCCCCCCCCCCOc6cc(OC(=O)c7ccc(OCCCCCC)cc7)c7ccccc7c6OC(=O)c6ccc(OCCCCCC)cc6)c5)cc4)ccc3C#N)cc2)cc1. The van der Waals surface area contributed by atoms with Crippen molar-refractivity contribution in [1.29, 1.82) is 5.26 Å². The van der Waals surface area contributed by atoms with Crippen LogP contribution in [0.15, 0.2) is 188 Å². The fraction of sp³-hybridized carbons (Fsp3) is 0.416. The summed E-state index contributed by atoms with van der Waals surface area (Å²) < 4.78 is 72.7. The van der Waals surface area contributed by atoms with E-state index < -0.39 is 52.5 Å². The first kappa shape index (κ1) is 94.8. The van der Waals surface area contributed by atoms with Crippen molar-refractivity contribution in [2.24, 2.45) is 0 Å². The molecule has 0 radical (unpaired) electrons. The third kappa shape index (κ3) is 32.1. The van der Waals surface area contributed by atoms with Crippen molar-refractivity contribution in [2.75, 3.05) is 33.0 Å². The number of carbonyl (C=O) groups excluding carboxylic acids is 6. The van der Waals surface area contributed by atoms with Crippen LogP contribution in [-0.2, 0) is 10.5 Å². The van der Waals surface area contributed by atoms with Gasteiger partial charge in [0.15, 0.2) is 33.9 Å². The highest BCUT2D eigenvalue weighted by Crippen LogP contribution is 2.43. The molecule has 0 atom stereocenters. The molecule has 0 aliphatic heterocycles. The number of nitriles is 1. The monoisotopic (exact) mass is 1690 g/mol. The Morgan fingerprint density at radius 2 is 0.623 bits per heavy atom. The predicted molar refractivity (Wildman–Crippen MR) is 483 cm³/mol. The van der Waals surface area contributed by atoms with Crippen LogP contribution in [0.25, 0.3) is 10.8 Å². The van der Waals surface area contributed by atoms with E-state index in [1.54, 1.807) is 84.9 Å². The first-order valence-corrected chi connectivity index (χ1v) is 50.4. The molecule has 0 heterocycles. The lowest BCUT2D eigenvalue weighted by Gasteiger charge is -2.34. The van der Waals surface area contributed by atoms with Gasteiger partial charge in [-0.15, -0.1) is 0 Å². The summed E-state index contributed by atoms with van der Waals surface area (Å²) in [6.45, 7) is 20.8. The topological polar surface area (TPSA) is 237 Å². The number of esters is 6. The number of aryl methyl sites for hydroxylation is 1. The van der Waals surface area contributed by atoms with Crippen LogP contribution in [0.2, 0.25) is 38.3 Å². The van der Waals surface area contributed by atoms with Crippen molar-refractivity contribution in [3.63, 3.8) is 0 Å². The second-order valence-corrected chi connectivity index (χ2v) is 41.0. The zero-order valence-electron chi connectivity index (χ0n) is 72.7.